The molecule has 0 bridgehead atoms. The summed E-state index contributed by atoms with van der Waals surface area (Å²) in [5.41, 5.74) is 0. The van der Waals surface area contributed by atoms with Gasteiger partial charge in [-0.1, -0.05) is 0 Å². The van der Waals surface area contributed by atoms with Crippen LogP contribution in [0.4, 0.5) is 0 Å². The number of hydrogen-bond acceptors (Lipinski definition) is 3. The molecule has 1 rings (SSSR count). The monoisotopic (exact) mass is 173 g/mol. The van der Waals surface area contributed by atoms with Crippen molar-refractivity contribution in [2.75, 3.05) is 19.8 Å². The summed E-state index contributed by atoms with van der Waals surface area (Å²) in [4.78, 5) is 11.2. The molecule has 1 fully saturated rings. The van der Waals surface area contributed by atoms with Crippen LogP contribution in [0.3, 0.4) is 0 Å². The molecule has 0 saturated carbocycles. The van der Waals surface area contributed by atoms with Gasteiger partial charge in [0.05, 0.1) is 18.6 Å². The van der Waals surface area contributed by atoms with Gasteiger partial charge in [-0.25, -0.2) is 0 Å². The second-order valence-electron chi connectivity index (χ2n) is 3.15. The lowest BCUT2D eigenvalue weighted by molar-refractivity contribution is -0.125. The highest BCUT2D eigenvalue weighted by atomic mass is 16.5. The largest absolute Gasteiger partial charge is 0.392 e. The molecule has 1 amide bonds. The van der Waals surface area contributed by atoms with Crippen LogP contribution in [0.1, 0.15) is 13.3 Å². The molecule has 70 valence electrons. The van der Waals surface area contributed by atoms with Crippen LogP contribution in [0, 0.1) is 5.92 Å². The Morgan fingerprint density at radius 3 is 3.08 bits per heavy atom. The lowest BCUT2D eigenvalue weighted by Crippen LogP contribution is -2.35. The molecule has 1 saturated heterocycles. The molecule has 2 N–H and O–H groups in total. The maximum absolute atomic E-state index is 11.2. The molecule has 0 spiro atoms. The van der Waals surface area contributed by atoms with Crippen molar-refractivity contribution in [3.05, 3.63) is 0 Å². The van der Waals surface area contributed by atoms with E-state index >= 15 is 0 Å². The number of amides is 1. The van der Waals surface area contributed by atoms with Crippen LogP contribution in [-0.4, -0.2) is 36.9 Å². The van der Waals surface area contributed by atoms with E-state index in [9.17, 15) is 4.79 Å². The number of aliphatic hydroxyl groups excluding tert-OH is 1. The summed E-state index contributed by atoms with van der Waals surface area (Å²) in [6.07, 6.45) is 0.322. The zero-order valence-corrected chi connectivity index (χ0v) is 7.25. The van der Waals surface area contributed by atoms with Crippen molar-refractivity contribution >= 4 is 5.91 Å². The first-order valence-corrected chi connectivity index (χ1v) is 4.23. The van der Waals surface area contributed by atoms with Gasteiger partial charge in [-0.2, -0.15) is 0 Å². The topological polar surface area (TPSA) is 58.6 Å². The van der Waals surface area contributed by atoms with Crippen LogP contribution in [0.25, 0.3) is 0 Å². The van der Waals surface area contributed by atoms with Crippen molar-refractivity contribution in [2.24, 2.45) is 5.92 Å². The number of ether oxygens (including phenoxy) is 1. The van der Waals surface area contributed by atoms with Crippen LogP contribution < -0.4 is 5.32 Å². The second-order valence-corrected chi connectivity index (χ2v) is 3.15. The smallest absolute Gasteiger partial charge is 0.225 e. The molecule has 0 aromatic carbocycles. The summed E-state index contributed by atoms with van der Waals surface area (Å²) < 4.78 is 5.06. The third-order valence-electron chi connectivity index (χ3n) is 1.87. The molecule has 12 heavy (non-hydrogen) atoms. The molecular formula is C8H15NO3. The van der Waals surface area contributed by atoms with Crippen molar-refractivity contribution in [2.45, 2.75) is 19.4 Å². The summed E-state index contributed by atoms with van der Waals surface area (Å²) in [7, 11) is 0. The molecule has 0 aliphatic carbocycles. The van der Waals surface area contributed by atoms with Gasteiger partial charge < -0.3 is 15.2 Å². The fourth-order valence-corrected chi connectivity index (χ4v) is 1.13. The molecule has 1 heterocycles. The molecule has 2 atom stereocenters. The minimum Gasteiger partial charge on any atom is -0.392 e. The van der Waals surface area contributed by atoms with E-state index in [1.54, 1.807) is 6.92 Å². The number of carbonyl (C=O) groups excluding carboxylic acids is 1. The minimum absolute atomic E-state index is 0.00611. The molecule has 1 aliphatic heterocycles. The lowest BCUT2D eigenvalue weighted by atomic mass is 10.1. The Labute approximate surface area is 71.9 Å². The number of rotatable bonds is 3. The number of carbonyl (C=O) groups is 1. The predicted molar refractivity (Wildman–Crippen MR) is 43.6 cm³/mol. The Morgan fingerprint density at radius 2 is 2.58 bits per heavy atom. The number of aliphatic hydroxyl groups is 1. The summed E-state index contributed by atoms with van der Waals surface area (Å²) in [5.74, 6) is -0.0165. The van der Waals surface area contributed by atoms with E-state index in [-0.39, 0.29) is 11.8 Å². The van der Waals surface area contributed by atoms with Crippen molar-refractivity contribution < 1.29 is 14.6 Å². The summed E-state index contributed by atoms with van der Waals surface area (Å²) in [6.45, 7) is 3.17. The molecule has 4 heteroatoms. The lowest BCUT2D eigenvalue weighted by Gasteiger charge is -2.10. The Kier molecular flexibility index (Phi) is 3.49. The third kappa shape index (κ3) is 2.79. The first-order chi connectivity index (χ1) is 5.70. The molecule has 0 radical (unpaired) electrons. The van der Waals surface area contributed by atoms with E-state index in [4.69, 9.17) is 9.84 Å². The number of hydrogen-bond donors (Lipinski definition) is 2. The second kappa shape index (κ2) is 4.42. The van der Waals surface area contributed by atoms with Crippen LogP contribution >= 0.6 is 0 Å². The van der Waals surface area contributed by atoms with Gasteiger partial charge in [0.1, 0.15) is 0 Å². The SMILES string of the molecule is C[C@@H](O)CNC(=O)C1CCOC1. The first kappa shape index (κ1) is 9.48. The zero-order chi connectivity index (χ0) is 8.97. The Morgan fingerprint density at radius 1 is 1.83 bits per heavy atom. The molecule has 1 unspecified atom stereocenters. The predicted octanol–water partition coefficient (Wildman–Crippen LogP) is -0.480. The maximum Gasteiger partial charge on any atom is 0.225 e. The average molecular weight is 173 g/mol. The molecule has 0 aromatic rings. The van der Waals surface area contributed by atoms with Gasteiger partial charge in [0, 0.05) is 13.2 Å². The normalized spacial score (nSPS) is 25.3. The van der Waals surface area contributed by atoms with Gasteiger partial charge in [0.25, 0.3) is 0 Å². The van der Waals surface area contributed by atoms with Gasteiger partial charge in [0.2, 0.25) is 5.91 Å². The third-order valence-corrected chi connectivity index (χ3v) is 1.87. The van der Waals surface area contributed by atoms with E-state index in [1.807, 2.05) is 0 Å². The highest BCUT2D eigenvalue weighted by Gasteiger charge is 2.22. The Hall–Kier alpha value is -0.610. The minimum atomic E-state index is -0.476. The van der Waals surface area contributed by atoms with E-state index in [1.165, 1.54) is 0 Å². The van der Waals surface area contributed by atoms with Crippen molar-refractivity contribution in [3.63, 3.8) is 0 Å². The van der Waals surface area contributed by atoms with Crippen LogP contribution in [0.15, 0.2) is 0 Å². The van der Waals surface area contributed by atoms with Crippen LogP contribution in [-0.2, 0) is 9.53 Å². The molecule has 0 aromatic heterocycles. The van der Waals surface area contributed by atoms with Gasteiger partial charge in [-0.05, 0) is 13.3 Å². The van der Waals surface area contributed by atoms with Gasteiger partial charge >= 0.3 is 0 Å². The highest BCUT2D eigenvalue weighted by Crippen LogP contribution is 2.11. The maximum atomic E-state index is 11.2. The Balaban J connectivity index is 2.18. The molecule has 4 nitrogen and oxygen atoms in total. The fourth-order valence-electron chi connectivity index (χ4n) is 1.13. The van der Waals surface area contributed by atoms with Crippen molar-refractivity contribution in [3.8, 4) is 0 Å². The van der Waals surface area contributed by atoms with Crippen LogP contribution in [0.2, 0.25) is 0 Å². The molecule has 1 aliphatic rings. The summed E-state index contributed by atoms with van der Waals surface area (Å²) in [6, 6.07) is 0. The van der Waals surface area contributed by atoms with Gasteiger partial charge in [-0.15, -0.1) is 0 Å². The van der Waals surface area contributed by atoms with Gasteiger partial charge in [-0.3, -0.25) is 4.79 Å². The summed E-state index contributed by atoms with van der Waals surface area (Å²) >= 11 is 0. The van der Waals surface area contributed by atoms with Crippen molar-refractivity contribution in [1.82, 2.24) is 5.32 Å². The molecular weight excluding hydrogens is 158 g/mol. The van der Waals surface area contributed by atoms with Gasteiger partial charge in [0.15, 0.2) is 0 Å². The van der Waals surface area contributed by atoms with E-state index in [0.717, 1.165) is 6.42 Å². The average Bonchev–Trinajstić information content (AvgIpc) is 2.51. The number of nitrogens with one attached hydrogen (secondary N) is 1. The quantitative estimate of drug-likeness (QED) is 0.606. The van der Waals surface area contributed by atoms with E-state index in [2.05, 4.69) is 5.32 Å². The van der Waals surface area contributed by atoms with Crippen LogP contribution in [0.5, 0.6) is 0 Å². The first-order valence-electron chi connectivity index (χ1n) is 4.23. The Bertz CT molecular complexity index is 152. The zero-order valence-electron chi connectivity index (χ0n) is 7.25. The summed E-state index contributed by atoms with van der Waals surface area (Å²) in [5, 5.41) is 11.6. The standard InChI is InChI=1S/C8H15NO3/c1-6(10)4-9-8(11)7-2-3-12-5-7/h6-7,10H,2-5H2,1H3,(H,9,11)/t6-,7?/m1/s1. The fraction of sp³-hybridized carbons (Fsp3) is 0.875. The highest BCUT2D eigenvalue weighted by molar-refractivity contribution is 5.78. The van der Waals surface area contributed by atoms with E-state index in [0.29, 0.717) is 19.8 Å². The van der Waals surface area contributed by atoms with E-state index < -0.39 is 6.10 Å². The van der Waals surface area contributed by atoms with Crippen molar-refractivity contribution in [1.29, 1.82) is 0 Å².